The number of hydrogen-bond donors (Lipinski definition) is 0. The maximum Gasteiger partial charge on any atom is 0.0630 e. The smallest absolute Gasteiger partial charge is 0.0630 e. The van der Waals surface area contributed by atoms with Crippen molar-refractivity contribution in [3.05, 3.63) is 204 Å². The SMILES string of the molecule is C(=Nc1ccc(-c2ccc(N=Cc3ccc(C=Nc4ccc(-c5ccc(N=Cc6ccccc6)cc5)cc4)cc3)cc2)cc1)c1ccccc1. The number of benzene rings is 7. The highest BCUT2D eigenvalue weighted by Crippen LogP contribution is 2.26. The Morgan fingerprint density at radius 2 is 0.440 bits per heavy atom. The van der Waals surface area contributed by atoms with Crippen LogP contribution in [0.2, 0.25) is 0 Å². The van der Waals surface area contributed by atoms with Crippen molar-refractivity contribution in [3.8, 4) is 22.3 Å². The minimum absolute atomic E-state index is 0.902. The van der Waals surface area contributed by atoms with E-state index in [0.717, 1.165) is 67.3 Å². The zero-order chi connectivity index (χ0) is 33.8. The molecule has 0 aliphatic rings. The second-order valence-corrected chi connectivity index (χ2v) is 11.7. The van der Waals surface area contributed by atoms with Gasteiger partial charge in [-0.3, -0.25) is 20.0 Å². The van der Waals surface area contributed by atoms with E-state index in [1.807, 2.05) is 134 Å². The normalized spacial score (nSPS) is 11.7. The van der Waals surface area contributed by atoms with Gasteiger partial charge < -0.3 is 0 Å². The standard InChI is InChI=1S/C46H34N4/c1-3-7-35(8-4-1)31-47-43-23-15-39(16-24-43)41-19-27-45(28-20-41)49-33-37-11-13-38(14-12-37)34-50-46-29-21-42(22-30-46)40-17-25-44(26-18-40)48-32-36-9-5-2-6-10-36/h1-34H. The summed E-state index contributed by atoms with van der Waals surface area (Å²) in [5, 5.41) is 0. The van der Waals surface area contributed by atoms with Crippen molar-refractivity contribution in [1.29, 1.82) is 0 Å². The Morgan fingerprint density at radius 1 is 0.220 bits per heavy atom. The van der Waals surface area contributed by atoms with Crippen LogP contribution >= 0.6 is 0 Å². The van der Waals surface area contributed by atoms with Gasteiger partial charge >= 0.3 is 0 Å². The van der Waals surface area contributed by atoms with Crippen molar-refractivity contribution in [2.45, 2.75) is 0 Å². The zero-order valence-electron chi connectivity index (χ0n) is 27.4. The third-order valence-corrected chi connectivity index (χ3v) is 8.12. The molecule has 0 aliphatic heterocycles. The van der Waals surface area contributed by atoms with E-state index in [4.69, 9.17) is 0 Å². The van der Waals surface area contributed by atoms with Gasteiger partial charge in [-0.15, -0.1) is 0 Å². The molecule has 0 spiro atoms. The Kier molecular flexibility index (Phi) is 10.1. The third kappa shape index (κ3) is 8.77. The molecule has 0 amide bonds. The highest BCUT2D eigenvalue weighted by atomic mass is 14.7. The Hall–Kier alpha value is -6.78. The van der Waals surface area contributed by atoms with Crippen LogP contribution in [-0.4, -0.2) is 24.9 Å². The maximum absolute atomic E-state index is 4.68. The van der Waals surface area contributed by atoms with Gasteiger partial charge in [-0.25, -0.2) is 0 Å². The third-order valence-electron chi connectivity index (χ3n) is 8.12. The highest BCUT2D eigenvalue weighted by Gasteiger charge is 2.01. The summed E-state index contributed by atoms with van der Waals surface area (Å²) in [4.78, 5) is 18.5. The van der Waals surface area contributed by atoms with E-state index >= 15 is 0 Å². The lowest BCUT2D eigenvalue weighted by Gasteiger charge is -2.03. The quantitative estimate of drug-likeness (QED) is 0.133. The van der Waals surface area contributed by atoms with Crippen molar-refractivity contribution in [1.82, 2.24) is 0 Å². The zero-order valence-corrected chi connectivity index (χ0v) is 27.4. The van der Waals surface area contributed by atoms with E-state index < -0.39 is 0 Å². The summed E-state index contributed by atoms with van der Waals surface area (Å²) in [7, 11) is 0. The summed E-state index contributed by atoms with van der Waals surface area (Å²) in [5.41, 5.74) is 12.4. The second kappa shape index (κ2) is 15.9. The van der Waals surface area contributed by atoms with Crippen LogP contribution in [0.15, 0.2) is 202 Å². The molecule has 0 atom stereocenters. The van der Waals surface area contributed by atoms with Gasteiger partial charge in [0.1, 0.15) is 0 Å². The summed E-state index contributed by atoms with van der Waals surface area (Å²) < 4.78 is 0. The monoisotopic (exact) mass is 642 g/mol. The molecule has 0 aliphatic carbocycles. The van der Waals surface area contributed by atoms with Crippen molar-refractivity contribution in [2.24, 2.45) is 20.0 Å². The van der Waals surface area contributed by atoms with Gasteiger partial charge in [0.15, 0.2) is 0 Å². The van der Waals surface area contributed by atoms with Gasteiger partial charge in [-0.05, 0) is 93.0 Å². The molecule has 0 saturated carbocycles. The van der Waals surface area contributed by atoms with Crippen LogP contribution in [0, 0.1) is 0 Å². The average Bonchev–Trinajstić information content (AvgIpc) is 3.20. The second-order valence-electron chi connectivity index (χ2n) is 11.7. The first-order valence-corrected chi connectivity index (χ1v) is 16.5. The molecule has 7 aromatic carbocycles. The predicted octanol–water partition coefficient (Wildman–Crippen LogP) is 12.0. The molecular formula is C46H34N4. The predicted molar refractivity (Wildman–Crippen MR) is 212 cm³/mol. The minimum atomic E-state index is 0.902. The van der Waals surface area contributed by atoms with Crippen LogP contribution < -0.4 is 0 Å². The summed E-state index contributed by atoms with van der Waals surface area (Å²) in [6, 6.07) is 61.5. The van der Waals surface area contributed by atoms with Crippen LogP contribution in [0.1, 0.15) is 22.3 Å². The molecule has 0 saturated heterocycles. The van der Waals surface area contributed by atoms with Crippen LogP contribution in [0.25, 0.3) is 22.3 Å². The van der Waals surface area contributed by atoms with Gasteiger partial charge in [0.05, 0.1) is 22.7 Å². The number of hydrogen-bond acceptors (Lipinski definition) is 4. The first kappa shape index (κ1) is 31.8. The number of nitrogens with zero attached hydrogens (tertiary/aromatic N) is 4. The molecular weight excluding hydrogens is 609 g/mol. The van der Waals surface area contributed by atoms with E-state index in [1.165, 1.54) is 0 Å². The minimum Gasteiger partial charge on any atom is -0.256 e. The number of aliphatic imine (C=N–C) groups is 4. The van der Waals surface area contributed by atoms with Crippen LogP contribution in [0.3, 0.4) is 0 Å². The summed E-state index contributed by atoms with van der Waals surface area (Å²) in [5.74, 6) is 0. The largest absolute Gasteiger partial charge is 0.256 e. The molecule has 7 aromatic rings. The fraction of sp³-hybridized carbons (Fsp3) is 0. The molecule has 0 heterocycles. The average molecular weight is 643 g/mol. The Balaban J connectivity index is 0.910. The first-order chi connectivity index (χ1) is 24.7. The molecule has 0 unspecified atom stereocenters. The molecule has 50 heavy (non-hydrogen) atoms. The van der Waals surface area contributed by atoms with E-state index in [2.05, 4.69) is 92.8 Å². The van der Waals surface area contributed by atoms with E-state index in [0.29, 0.717) is 0 Å². The molecule has 238 valence electrons. The Bertz CT molecular complexity index is 2070. The summed E-state index contributed by atoms with van der Waals surface area (Å²) >= 11 is 0. The molecule has 0 radical (unpaired) electrons. The lowest BCUT2D eigenvalue weighted by atomic mass is 10.1. The van der Waals surface area contributed by atoms with Crippen LogP contribution in [-0.2, 0) is 0 Å². The molecule has 4 nitrogen and oxygen atoms in total. The van der Waals surface area contributed by atoms with E-state index in [9.17, 15) is 0 Å². The fourth-order valence-corrected chi connectivity index (χ4v) is 5.30. The Morgan fingerprint density at radius 3 is 0.680 bits per heavy atom. The van der Waals surface area contributed by atoms with Crippen LogP contribution in [0.5, 0.6) is 0 Å². The summed E-state index contributed by atoms with van der Waals surface area (Å²) in [6.45, 7) is 0. The molecule has 0 N–H and O–H groups in total. The van der Waals surface area contributed by atoms with E-state index in [-0.39, 0.29) is 0 Å². The topological polar surface area (TPSA) is 49.4 Å². The lowest BCUT2D eigenvalue weighted by molar-refractivity contribution is 1.49. The maximum atomic E-state index is 4.68. The highest BCUT2D eigenvalue weighted by molar-refractivity contribution is 5.87. The van der Waals surface area contributed by atoms with Crippen molar-refractivity contribution in [2.75, 3.05) is 0 Å². The molecule has 4 heteroatoms. The van der Waals surface area contributed by atoms with Gasteiger partial charge in [0, 0.05) is 24.9 Å². The van der Waals surface area contributed by atoms with Crippen LogP contribution in [0.4, 0.5) is 22.7 Å². The number of rotatable bonds is 10. The molecule has 0 aromatic heterocycles. The van der Waals surface area contributed by atoms with Crippen molar-refractivity contribution in [3.63, 3.8) is 0 Å². The fourth-order valence-electron chi connectivity index (χ4n) is 5.30. The van der Waals surface area contributed by atoms with Crippen molar-refractivity contribution >= 4 is 47.6 Å². The van der Waals surface area contributed by atoms with Gasteiger partial charge in [-0.2, -0.15) is 0 Å². The Labute approximate surface area is 293 Å². The van der Waals surface area contributed by atoms with Gasteiger partial charge in [-0.1, -0.05) is 133 Å². The summed E-state index contributed by atoms with van der Waals surface area (Å²) in [6.07, 6.45) is 7.54. The van der Waals surface area contributed by atoms with E-state index in [1.54, 1.807) is 0 Å². The van der Waals surface area contributed by atoms with Gasteiger partial charge in [0.25, 0.3) is 0 Å². The van der Waals surface area contributed by atoms with Gasteiger partial charge in [0.2, 0.25) is 0 Å². The molecule has 7 rings (SSSR count). The molecule has 0 bridgehead atoms. The molecule has 0 fully saturated rings. The van der Waals surface area contributed by atoms with Crippen molar-refractivity contribution < 1.29 is 0 Å². The first-order valence-electron chi connectivity index (χ1n) is 16.5. The lowest BCUT2D eigenvalue weighted by Crippen LogP contribution is -1.84.